The Morgan fingerprint density at radius 1 is 1.69 bits per heavy atom. The fraction of sp³-hybridized carbons (Fsp3) is 0.667. The van der Waals surface area contributed by atoms with Crippen LogP contribution >= 0.6 is 0 Å². The van der Waals surface area contributed by atoms with Crippen LogP contribution in [0.5, 0.6) is 5.75 Å². The molecule has 2 heterocycles. The van der Waals surface area contributed by atoms with E-state index in [2.05, 4.69) is 10.4 Å². The first-order chi connectivity index (χ1) is 6.33. The zero-order chi connectivity index (χ0) is 9.26. The fourth-order valence-corrected chi connectivity index (χ4v) is 1.90. The van der Waals surface area contributed by atoms with Gasteiger partial charge in [0.05, 0.1) is 25.0 Å². The molecule has 2 rings (SSSR count). The van der Waals surface area contributed by atoms with E-state index < -0.39 is 0 Å². The number of hydrogen-bond acceptors (Lipinski definition) is 3. The number of hydrogen-bond donors (Lipinski definition) is 1. The first kappa shape index (κ1) is 8.56. The Labute approximate surface area is 77.9 Å². The van der Waals surface area contributed by atoms with E-state index in [1.807, 2.05) is 11.7 Å². The van der Waals surface area contributed by atoms with Crippen LogP contribution in [-0.2, 0) is 7.05 Å². The predicted molar refractivity (Wildman–Crippen MR) is 49.7 cm³/mol. The van der Waals surface area contributed by atoms with Gasteiger partial charge in [0.1, 0.15) is 0 Å². The third-order valence-corrected chi connectivity index (χ3v) is 2.56. The van der Waals surface area contributed by atoms with Crippen molar-refractivity contribution in [1.82, 2.24) is 15.1 Å². The molecule has 0 saturated carbocycles. The van der Waals surface area contributed by atoms with E-state index in [9.17, 15) is 0 Å². The smallest absolute Gasteiger partial charge is 0.161 e. The number of ether oxygens (including phenoxy) is 1. The first-order valence-corrected chi connectivity index (χ1v) is 4.62. The molecule has 4 nitrogen and oxygen atoms in total. The number of aromatic nitrogens is 2. The Hall–Kier alpha value is -1.03. The van der Waals surface area contributed by atoms with Gasteiger partial charge in [-0.15, -0.1) is 0 Å². The topological polar surface area (TPSA) is 39.1 Å². The monoisotopic (exact) mass is 181 g/mol. The Balaban J connectivity index is 2.30. The van der Waals surface area contributed by atoms with Crippen molar-refractivity contribution >= 4 is 0 Å². The highest BCUT2D eigenvalue weighted by Crippen LogP contribution is 2.29. The lowest BCUT2D eigenvalue weighted by atomic mass is 10.1. The normalized spacial score (nSPS) is 22.2. The number of rotatable bonds is 2. The molecule has 1 aromatic heterocycles. The molecule has 0 aromatic carbocycles. The van der Waals surface area contributed by atoms with E-state index in [0.29, 0.717) is 6.04 Å². The highest BCUT2D eigenvalue weighted by atomic mass is 16.5. The van der Waals surface area contributed by atoms with Crippen LogP contribution in [-0.4, -0.2) is 23.4 Å². The molecular formula is C9H15N3O. The largest absolute Gasteiger partial charge is 0.493 e. The van der Waals surface area contributed by atoms with Crippen molar-refractivity contribution in [1.29, 1.82) is 0 Å². The van der Waals surface area contributed by atoms with E-state index in [0.717, 1.165) is 12.3 Å². The summed E-state index contributed by atoms with van der Waals surface area (Å²) >= 11 is 0. The SMILES string of the molecule is COc1cnn(C)c1C1CCCN1. The molecule has 0 radical (unpaired) electrons. The van der Waals surface area contributed by atoms with Gasteiger partial charge in [-0.3, -0.25) is 4.68 Å². The summed E-state index contributed by atoms with van der Waals surface area (Å²) in [6.07, 6.45) is 4.18. The summed E-state index contributed by atoms with van der Waals surface area (Å²) in [4.78, 5) is 0. The van der Waals surface area contributed by atoms with Gasteiger partial charge >= 0.3 is 0 Å². The van der Waals surface area contributed by atoms with Gasteiger partial charge in [0.25, 0.3) is 0 Å². The van der Waals surface area contributed by atoms with Gasteiger partial charge in [0.15, 0.2) is 5.75 Å². The van der Waals surface area contributed by atoms with Gasteiger partial charge in [-0.25, -0.2) is 0 Å². The summed E-state index contributed by atoms with van der Waals surface area (Å²) < 4.78 is 7.15. The molecule has 1 unspecified atom stereocenters. The second-order valence-electron chi connectivity index (χ2n) is 3.37. The minimum absolute atomic E-state index is 0.419. The second kappa shape index (κ2) is 3.38. The molecule has 1 fully saturated rings. The third kappa shape index (κ3) is 1.42. The van der Waals surface area contributed by atoms with Crippen LogP contribution < -0.4 is 10.1 Å². The van der Waals surface area contributed by atoms with E-state index in [1.165, 1.54) is 18.5 Å². The van der Waals surface area contributed by atoms with Crippen LogP contribution in [0.1, 0.15) is 24.6 Å². The van der Waals surface area contributed by atoms with Crippen LogP contribution in [0.2, 0.25) is 0 Å². The van der Waals surface area contributed by atoms with Crippen LogP contribution in [0.25, 0.3) is 0 Å². The zero-order valence-electron chi connectivity index (χ0n) is 8.08. The van der Waals surface area contributed by atoms with Crippen molar-refractivity contribution < 1.29 is 4.74 Å². The number of aryl methyl sites for hydroxylation is 1. The molecule has 0 spiro atoms. The molecule has 0 amide bonds. The second-order valence-corrected chi connectivity index (χ2v) is 3.37. The van der Waals surface area contributed by atoms with Crippen molar-refractivity contribution in [3.8, 4) is 5.75 Å². The van der Waals surface area contributed by atoms with Gasteiger partial charge in [0, 0.05) is 7.05 Å². The summed E-state index contributed by atoms with van der Waals surface area (Å²) in [5.41, 5.74) is 1.17. The quantitative estimate of drug-likeness (QED) is 0.735. The van der Waals surface area contributed by atoms with Crippen LogP contribution in [0, 0.1) is 0 Å². The molecule has 1 N–H and O–H groups in total. The standard InChI is InChI=1S/C9H15N3O/c1-12-9(7-4-3-5-10-7)8(13-2)6-11-12/h6-7,10H,3-5H2,1-2H3. The van der Waals surface area contributed by atoms with Crippen LogP contribution in [0.4, 0.5) is 0 Å². The molecular weight excluding hydrogens is 166 g/mol. The third-order valence-electron chi connectivity index (χ3n) is 2.56. The lowest BCUT2D eigenvalue weighted by Gasteiger charge is -2.12. The molecule has 13 heavy (non-hydrogen) atoms. The molecule has 0 bridgehead atoms. The van der Waals surface area contributed by atoms with Crippen molar-refractivity contribution in [2.24, 2.45) is 7.05 Å². The highest BCUT2D eigenvalue weighted by molar-refractivity contribution is 5.28. The van der Waals surface area contributed by atoms with Crippen molar-refractivity contribution in [3.63, 3.8) is 0 Å². The van der Waals surface area contributed by atoms with Gasteiger partial charge in [-0.05, 0) is 19.4 Å². The Morgan fingerprint density at radius 3 is 3.15 bits per heavy atom. The van der Waals surface area contributed by atoms with Crippen molar-refractivity contribution in [2.45, 2.75) is 18.9 Å². The molecule has 1 aromatic rings. The lowest BCUT2D eigenvalue weighted by Crippen LogP contribution is -2.16. The maximum Gasteiger partial charge on any atom is 0.161 e. The summed E-state index contributed by atoms with van der Waals surface area (Å²) in [5, 5.41) is 7.62. The first-order valence-electron chi connectivity index (χ1n) is 4.62. The van der Waals surface area contributed by atoms with E-state index in [-0.39, 0.29) is 0 Å². The van der Waals surface area contributed by atoms with Crippen molar-refractivity contribution in [3.05, 3.63) is 11.9 Å². The maximum absolute atomic E-state index is 5.26. The van der Waals surface area contributed by atoms with Crippen LogP contribution in [0.15, 0.2) is 6.20 Å². The summed E-state index contributed by atoms with van der Waals surface area (Å²) in [5.74, 6) is 0.891. The zero-order valence-corrected chi connectivity index (χ0v) is 8.08. The summed E-state index contributed by atoms with van der Waals surface area (Å²) in [6.45, 7) is 1.10. The molecule has 72 valence electrons. The fourth-order valence-electron chi connectivity index (χ4n) is 1.90. The number of nitrogens with one attached hydrogen (secondary N) is 1. The van der Waals surface area contributed by atoms with Gasteiger partial charge in [0.2, 0.25) is 0 Å². The Bertz CT molecular complexity index is 289. The highest BCUT2D eigenvalue weighted by Gasteiger charge is 2.23. The minimum Gasteiger partial charge on any atom is -0.493 e. The lowest BCUT2D eigenvalue weighted by molar-refractivity contribution is 0.400. The molecule has 1 atom stereocenters. The average molecular weight is 181 g/mol. The Morgan fingerprint density at radius 2 is 2.54 bits per heavy atom. The molecule has 0 aliphatic carbocycles. The van der Waals surface area contributed by atoms with E-state index in [4.69, 9.17) is 4.74 Å². The predicted octanol–water partition coefficient (Wildman–Crippen LogP) is 0.853. The van der Waals surface area contributed by atoms with Gasteiger partial charge < -0.3 is 10.1 Å². The van der Waals surface area contributed by atoms with E-state index >= 15 is 0 Å². The summed E-state index contributed by atoms with van der Waals surface area (Å²) in [7, 11) is 3.65. The average Bonchev–Trinajstić information content (AvgIpc) is 2.72. The molecule has 1 aliphatic rings. The number of methoxy groups -OCH3 is 1. The molecule has 1 saturated heterocycles. The molecule has 1 aliphatic heterocycles. The van der Waals surface area contributed by atoms with Gasteiger partial charge in [-0.2, -0.15) is 5.10 Å². The summed E-state index contributed by atoms with van der Waals surface area (Å²) in [6, 6.07) is 0.419. The van der Waals surface area contributed by atoms with E-state index in [1.54, 1.807) is 13.3 Å². The van der Waals surface area contributed by atoms with Crippen molar-refractivity contribution in [2.75, 3.05) is 13.7 Å². The minimum atomic E-state index is 0.419. The molecule has 4 heteroatoms. The maximum atomic E-state index is 5.26. The Kier molecular flexibility index (Phi) is 2.22. The number of nitrogens with zero attached hydrogens (tertiary/aromatic N) is 2. The van der Waals surface area contributed by atoms with Crippen LogP contribution in [0.3, 0.4) is 0 Å². The van der Waals surface area contributed by atoms with Gasteiger partial charge in [-0.1, -0.05) is 0 Å².